The molecule has 0 saturated heterocycles. The molecule has 17 aromatic rings. The molecule has 2 aliphatic rings. The Morgan fingerprint density at radius 3 is 1.64 bits per heavy atom. The Hall–Kier alpha value is -11.5. The van der Waals surface area contributed by atoms with E-state index in [-0.39, 0.29) is 12.1 Å². The molecule has 0 amide bonds. The highest BCUT2D eigenvalue weighted by atomic mass is 32.1. The number of nitrogens with zero attached hydrogens (tertiary/aromatic N) is 6. The summed E-state index contributed by atoms with van der Waals surface area (Å²) in [4.78, 5) is 11.5. The van der Waals surface area contributed by atoms with Gasteiger partial charge in [-0.25, -0.2) is 9.97 Å². The number of para-hydroxylation sites is 3. The molecule has 11 aromatic carbocycles. The number of ether oxygens (including phenoxy) is 2. The van der Waals surface area contributed by atoms with Crippen LogP contribution in [0.5, 0.6) is 23.0 Å². The average Bonchev–Trinajstić information content (AvgIpc) is 1.73. The fourth-order valence-electron chi connectivity index (χ4n) is 14.7. The Morgan fingerprint density at radius 2 is 0.967 bits per heavy atom. The van der Waals surface area contributed by atoms with Crippen molar-refractivity contribution in [3.05, 3.63) is 266 Å². The van der Waals surface area contributed by atoms with Crippen molar-refractivity contribution in [2.75, 3.05) is 0 Å². The van der Waals surface area contributed by atoms with E-state index in [0.717, 1.165) is 134 Å². The minimum atomic E-state index is -0.280. The highest BCUT2D eigenvalue weighted by Crippen LogP contribution is 2.45. The van der Waals surface area contributed by atoms with Crippen molar-refractivity contribution in [3.63, 3.8) is 0 Å². The van der Waals surface area contributed by atoms with Gasteiger partial charge in [-0.05, 0) is 148 Å². The molecule has 8 heterocycles. The number of benzene rings is 11. The lowest BCUT2D eigenvalue weighted by molar-refractivity contribution is 0.464. The highest BCUT2D eigenvalue weighted by Gasteiger charge is 2.41. The Bertz CT molecular complexity index is 5990. The van der Waals surface area contributed by atoms with Gasteiger partial charge in [0.05, 0.1) is 66.5 Å². The SMILES string of the molecule is CC(C)(C)c1ccc2c(c1)c1cc(C#N)ccc1n2-c1cc(-c2ccccc2)cc(-c2ccc3c(c2)B2c4cc(-c5cc(-n6c7ccccc7c7ccccc76)cc(-n6c7ccccc7c7ccc8c9ccccc9sc8c76)n5)ccc4Oc4cccc(c42)O3)n1. The molecule has 0 spiro atoms. The summed E-state index contributed by atoms with van der Waals surface area (Å²) in [5.41, 5.74) is 17.9. The van der Waals surface area contributed by atoms with Crippen molar-refractivity contribution in [1.82, 2.24) is 23.7 Å². The minimum Gasteiger partial charge on any atom is -0.458 e. The molecule has 91 heavy (non-hydrogen) atoms. The number of aromatic nitrogens is 5. The minimum absolute atomic E-state index is 0.0828. The summed E-state index contributed by atoms with van der Waals surface area (Å²) in [7, 11) is 0. The van der Waals surface area contributed by atoms with Gasteiger partial charge >= 0.3 is 0 Å². The van der Waals surface area contributed by atoms with E-state index in [1.165, 1.54) is 47.3 Å². The van der Waals surface area contributed by atoms with Crippen molar-refractivity contribution in [3.8, 4) is 80.0 Å². The van der Waals surface area contributed by atoms with Crippen molar-refractivity contribution >= 4 is 120 Å². The van der Waals surface area contributed by atoms with E-state index in [2.05, 4.69) is 277 Å². The fourth-order valence-corrected chi connectivity index (χ4v) is 15.9. The van der Waals surface area contributed by atoms with Crippen LogP contribution < -0.4 is 25.9 Å². The molecule has 0 fully saturated rings. The quantitative estimate of drug-likeness (QED) is 0.155. The lowest BCUT2D eigenvalue weighted by Crippen LogP contribution is -2.57. The normalized spacial score (nSPS) is 12.7. The number of pyridine rings is 2. The van der Waals surface area contributed by atoms with Gasteiger partial charge in [-0.15, -0.1) is 11.3 Å². The number of hydrogen-bond donors (Lipinski definition) is 0. The third-order valence-electron chi connectivity index (χ3n) is 18.9. The topological polar surface area (TPSA) is 82.8 Å². The van der Waals surface area contributed by atoms with E-state index >= 15 is 0 Å². The molecule has 426 valence electrons. The molecule has 0 bridgehead atoms. The zero-order valence-electron chi connectivity index (χ0n) is 49.7. The van der Waals surface area contributed by atoms with E-state index < -0.39 is 0 Å². The van der Waals surface area contributed by atoms with Crippen molar-refractivity contribution in [2.45, 2.75) is 26.2 Å². The third-order valence-corrected chi connectivity index (χ3v) is 20.1. The maximum absolute atomic E-state index is 10.2. The van der Waals surface area contributed by atoms with Gasteiger partial charge in [0.1, 0.15) is 34.6 Å². The first-order valence-electron chi connectivity index (χ1n) is 30.9. The van der Waals surface area contributed by atoms with Crippen LogP contribution in [0.3, 0.4) is 0 Å². The van der Waals surface area contributed by atoms with Gasteiger partial charge in [-0.1, -0.05) is 160 Å². The summed E-state index contributed by atoms with van der Waals surface area (Å²) in [6.07, 6.45) is 0. The zero-order valence-corrected chi connectivity index (χ0v) is 50.6. The molecule has 2 aliphatic heterocycles. The first-order valence-corrected chi connectivity index (χ1v) is 31.7. The van der Waals surface area contributed by atoms with Crippen LogP contribution in [0.2, 0.25) is 0 Å². The molecule has 0 N–H and O–H groups in total. The molecule has 8 nitrogen and oxygen atoms in total. The molecule has 19 rings (SSSR count). The van der Waals surface area contributed by atoms with Crippen LogP contribution in [-0.2, 0) is 5.41 Å². The van der Waals surface area contributed by atoms with Gasteiger partial charge in [0.2, 0.25) is 0 Å². The lowest BCUT2D eigenvalue weighted by atomic mass is 9.34. The maximum Gasteiger partial charge on any atom is 0.260 e. The predicted octanol–water partition coefficient (Wildman–Crippen LogP) is 19.0. The second kappa shape index (κ2) is 19.2. The van der Waals surface area contributed by atoms with E-state index in [1.54, 1.807) is 0 Å². The van der Waals surface area contributed by atoms with Crippen LogP contribution in [0.25, 0.3) is 137 Å². The van der Waals surface area contributed by atoms with E-state index in [4.69, 9.17) is 19.4 Å². The molecule has 10 heteroatoms. The lowest BCUT2D eigenvalue weighted by Gasteiger charge is -2.33. The molecular formula is C81H51BN6O2S. The maximum atomic E-state index is 10.2. The Kier molecular flexibility index (Phi) is 10.9. The first-order chi connectivity index (χ1) is 44.7. The number of hydrogen-bond acceptors (Lipinski definition) is 6. The van der Waals surface area contributed by atoms with Gasteiger partial charge in [-0.3, -0.25) is 9.13 Å². The van der Waals surface area contributed by atoms with Gasteiger partial charge < -0.3 is 14.0 Å². The van der Waals surface area contributed by atoms with E-state index in [1.807, 2.05) is 29.5 Å². The number of rotatable bonds is 6. The fraction of sp³-hybridized carbons (Fsp3) is 0.0494. The zero-order chi connectivity index (χ0) is 60.4. The van der Waals surface area contributed by atoms with Gasteiger partial charge in [0, 0.05) is 64.9 Å². The second-order valence-electron chi connectivity index (χ2n) is 25.2. The van der Waals surface area contributed by atoms with Crippen LogP contribution in [0, 0.1) is 11.3 Å². The Morgan fingerprint density at radius 1 is 0.407 bits per heavy atom. The summed E-state index contributed by atoms with van der Waals surface area (Å²) in [6, 6.07) is 93.4. The number of thiophene rings is 1. The summed E-state index contributed by atoms with van der Waals surface area (Å²) in [6.45, 7) is 6.43. The molecule has 0 atom stereocenters. The standard InChI is InChI=1S/C81H51BN6O2S/c1-81(2,3)52-31-35-70-61(43-52)60-38-47(46-83)28-34-69(60)87(70)76-42-51(48-16-5-4-6-17-48)41-64(84-76)49-29-36-71-62(39-49)82-63-40-50(30-37-72(63)90-74-26-15-25-73(89-71)78(74)82)65-44-53(86-66-22-11-7-18-54(66)55-19-8-12-23-67(55)86)45-77(85-65)88-68-24-13-9-20-56(68)58-32-33-59-57-21-10-14-27-75(57)91-80(59)79(58)88/h4-45H,1-3H3. The van der Waals surface area contributed by atoms with Gasteiger partial charge in [0.15, 0.2) is 0 Å². The van der Waals surface area contributed by atoms with Gasteiger partial charge in [-0.2, -0.15) is 5.26 Å². The average molecular weight is 1180 g/mol. The number of nitriles is 1. The van der Waals surface area contributed by atoms with Crippen LogP contribution in [-0.4, -0.2) is 30.4 Å². The summed E-state index contributed by atoms with van der Waals surface area (Å²) in [5, 5.41) is 19.5. The largest absolute Gasteiger partial charge is 0.458 e. The first kappa shape index (κ1) is 51.5. The van der Waals surface area contributed by atoms with Gasteiger partial charge in [0.25, 0.3) is 6.71 Å². The summed E-state index contributed by atoms with van der Waals surface area (Å²) >= 11 is 1.84. The smallest absolute Gasteiger partial charge is 0.260 e. The van der Waals surface area contributed by atoms with E-state index in [0.29, 0.717) is 5.56 Å². The third kappa shape index (κ3) is 7.75. The Labute approximate surface area is 527 Å². The Balaban J connectivity index is 0.821. The van der Waals surface area contributed by atoms with E-state index in [9.17, 15) is 5.26 Å². The van der Waals surface area contributed by atoms with Crippen LogP contribution >= 0.6 is 11.3 Å². The van der Waals surface area contributed by atoms with Crippen LogP contribution in [0.1, 0.15) is 31.9 Å². The summed E-state index contributed by atoms with van der Waals surface area (Å²) in [5.74, 6) is 4.67. The monoisotopic (exact) mass is 1180 g/mol. The molecule has 0 aliphatic carbocycles. The molecule has 6 aromatic heterocycles. The second-order valence-corrected chi connectivity index (χ2v) is 26.2. The molecule has 0 saturated carbocycles. The molecule has 0 radical (unpaired) electrons. The van der Waals surface area contributed by atoms with Crippen molar-refractivity contribution in [1.29, 1.82) is 5.26 Å². The van der Waals surface area contributed by atoms with Crippen molar-refractivity contribution < 1.29 is 9.47 Å². The molecular weight excluding hydrogens is 1130 g/mol. The molecule has 0 unspecified atom stereocenters. The number of fused-ring (bicyclic) bond motifs is 17. The highest BCUT2D eigenvalue weighted by molar-refractivity contribution is 7.26. The van der Waals surface area contributed by atoms with Crippen LogP contribution in [0.4, 0.5) is 0 Å². The predicted molar refractivity (Wildman–Crippen MR) is 375 cm³/mol. The summed E-state index contributed by atoms with van der Waals surface area (Å²) < 4.78 is 23.4. The van der Waals surface area contributed by atoms with Crippen LogP contribution in [0.15, 0.2) is 255 Å². The van der Waals surface area contributed by atoms with Crippen molar-refractivity contribution in [2.24, 2.45) is 0 Å².